The zero-order chi connectivity index (χ0) is 13.7. The van der Waals surface area contributed by atoms with E-state index in [0.29, 0.717) is 5.69 Å². The Kier molecular flexibility index (Phi) is 4.88. The van der Waals surface area contributed by atoms with Gasteiger partial charge in [-0.1, -0.05) is 25.7 Å². The molecule has 0 amide bonds. The molecule has 106 valence electrons. The lowest BCUT2D eigenvalue weighted by Crippen LogP contribution is -2.07. The van der Waals surface area contributed by atoms with Gasteiger partial charge in [-0.25, -0.2) is 4.39 Å². The molecule has 0 bridgehead atoms. The molecule has 0 heterocycles. The zero-order valence-corrected chi connectivity index (χ0v) is 11.5. The number of nitrogen functional groups attached to an aromatic ring is 1. The van der Waals surface area contributed by atoms with Crippen molar-refractivity contribution in [3.63, 3.8) is 0 Å². The van der Waals surface area contributed by atoms with Crippen LogP contribution in [0.25, 0.3) is 0 Å². The van der Waals surface area contributed by atoms with E-state index in [1.165, 1.54) is 45.3 Å². The van der Waals surface area contributed by atoms with E-state index in [4.69, 9.17) is 10.5 Å². The number of benzene rings is 1. The molecule has 0 saturated heterocycles. The molecule has 3 N–H and O–H groups in total. The molecule has 1 saturated carbocycles. The summed E-state index contributed by atoms with van der Waals surface area (Å²) in [5, 5.41) is 3.27. The maximum atomic E-state index is 13.4. The Balaban J connectivity index is 1.81. The second-order valence-corrected chi connectivity index (χ2v) is 5.29. The minimum atomic E-state index is -0.420. The number of nitrogens with one attached hydrogen (secondary N) is 1. The summed E-state index contributed by atoms with van der Waals surface area (Å²) in [5.74, 6) is 0.714. The Morgan fingerprint density at radius 3 is 2.79 bits per heavy atom. The van der Waals surface area contributed by atoms with Crippen LogP contribution < -0.4 is 15.8 Å². The number of halogens is 1. The first-order valence-corrected chi connectivity index (χ1v) is 7.07. The summed E-state index contributed by atoms with van der Waals surface area (Å²) < 4.78 is 18.3. The highest BCUT2D eigenvalue weighted by molar-refractivity contribution is 5.68. The van der Waals surface area contributed by atoms with Gasteiger partial charge in [-0.3, -0.25) is 0 Å². The van der Waals surface area contributed by atoms with E-state index in [2.05, 4.69) is 5.32 Å². The zero-order valence-electron chi connectivity index (χ0n) is 11.5. The van der Waals surface area contributed by atoms with Crippen molar-refractivity contribution >= 4 is 11.4 Å². The predicted molar refractivity (Wildman–Crippen MR) is 77.0 cm³/mol. The molecule has 1 aliphatic carbocycles. The Bertz CT molecular complexity index is 417. The lowest BCUT2D eigenvalue weighted by atomic mass is 10.0. The lowest BCUT2D eigenvalue weighted by molar-refractivity contribution is 0.387. The molecule has 0 atom stereocenters. The third-order valence-corrected chi connectivity index (χ3v) is 3.90. The summed E-state index contributed by atoms with van der Waals surface area (Å²) in [6, 6.07) is 2.93. The van der Waals surface area contributed by atoms with Crippen molar-refractivity contribution in [1.82, 2.24) is 0 Å². The van der Waals surface area contributed by atoms with E-state index < -0.39 is 5.82 Å². The van der Waals surface area contributed by atoms with Gasteiger partial charge >= 0.3 is 0 Å². The Labute approximate surface area is 114 Å². The first-order chi connectivity index (χ1) is 9.20. The van der Waals surface area contributed by atoms with Gasteiger partial charge in [-0.2, -0.15) is 0 Å². The maximum absolute atomic E-state index is 13.4. The van der Waals surface area contributed by atoms with E-state index in [1.807, 2.05) is 0 Å². The van der Waals surface area contributed by atoms with E-state index in [0.717, 1.165) is 24.6 Å². The molecule has 0 radical (unpaired) electrons. The fraction of sp³-hybridized carbons (Fsp3) is 0.600. The fourth-order valence-electron chi connectivity index (χ4n) is 2.79. The normalized spacial score (nSPS) is 15.7. The topological polar surface area (TPSA) is 47.3 Å². The molecule has 2 rings (SSSR count). The van der Waals surface area contributed by atoms with Gasteiger partial charge in [0, 0.05) is 18.7 Å². The van der Waals surface area contributed by atoms with Crippen molar-refractivity contribution < 1.29 is 9.13 Å². The molecule has 4 heteroatoms. The van der Waals surface area contributed by atoms with Crippen LogP contribution in [-0.4, -0.2) is 13.7 Å². The van der Waals surface area contributed by atoms with E-state index >= 15 is 0 Å². The molecule has 3 nitrogen and oxygen atoms in total. The maximum Gasteiger partial charge on any atom is 0.167 e. The van der Waals surface area contributed by atoms with Crippen molar-refractivity contribution in [2.24, 2.45) is 5.92 Å². The first kappa shape index (κ1) is 14.0. The quantitative estimate of drug-likeness (QED) is 0.608. The van der Waals surface area contributed by atoms with Crippen LogP contribution in [0.2, 0.25) is 0 Å². The number of hydrogen-bond acceptors (Lipinski definition) is 3. The van der Waals surface area contributed by atoms with Crippen LogP contribution in [0.15, 0.2) is 12.1 Å². The van der Waals surface area contributed by atoms with Crippen LogP contribution in [0.3, 0.4) is 0 Å². The van der Waals surface area contributed by atoms with E-state index in [1.54, 1.807) is 6.07 Å². The van der Waals surface area contributed by atoms with Crippen molar-refractivity contribution in [3.05, 3.63) is 17.9 Å². The molecule has 1 aromatic rings. The Morgan fingerprint density at radius 2 is 2.11 bits per heavy atom. The second kappa shape index (κ2) is 6.64. The summed E-state index contributed by atoms with van der Waals surface area (Å²) in [5.41, 5.74) is 6.98. The highest BCUT2D eigenvalue weighted by Gasteiger charge is 2.14. The summed E-state index contributed by atoms with van der Waals surface area (Å²) >= 11 is 0. The van der Waals surface area contributed by atoms with Gasteiger partial charge in [0.05, 0.1) is 18.5 Å². The van der Waals surface area contributed by atoms with Crippen molar-refractivity contribution in [1.29, 1.82) is 0 Å². The summed E-state index contributed by atoms with van der Waals surface area (Å²) in [4.78, 5) is 0. The highest BCUT2D eigenvalue weighted by Crippen LogP contribution is 2.30. The SMILES string of the molecule is COc1cc(NCCCC2CCCC2)c(N)cc1F. The average molecular weight is 266 g/mol. The smallest absolute Gasteiger partial charge is 0.167 e. The second-order valence-electron chi connectivity index (χ2n) is 5.29. The van der Waals surface area contributed by atoms with E-state index in [-0.39, 0.29) is 5.75 Å². The van der Waals surface area contributed by atoms with Gasteiger partial charge in [-0.15, -0.1) is 0 Å². The van der Waals surface area contributed by atoms with Crippen LogP contribution in [0, 0.1) is 11.7 Å². The third kappa shape index (κ3) is 3.75. The lowest BCUT2D eigenvalue weighted by Gasteiger charge is -2.13. The third-order valence-electron chi connectivity index (χ3n) is 3.90. The molecule has 1 aliphatic rings. The molecular weight excluding hydrogens is 243 g/mol. The Morgan fingerprint density at radius 1 is 1.37 bits per heavy atom. The highest BCUT2D eigenvalue weighted by atomic mass is 19.1. The number of hydrogen-bond donors (Lipinski definition) is 2. The molecule has 0 spiro atoms. The number of rotatable bonds is 6. The summed E-state index contributed by atoms with van der Waals surface area (Å²) in [6.07, 6.45) is 7.94. The minimum absolute atomic E-state index is 0.229. The van der Waals surface area contributed by atoms with Crippen LogP contribution in [0.4, 0.5) is 15.8 Å². The van der Waals surface area contributed by atoms with Gasteiger partial charge in [0.25, 0.3) is 0 Å². The van der Waals surface area contributed by atoms with Crippen LogP contribution in [-0.2, 0) is 0 Å². The van der Waals surface area contributed by atoms with Crippen LogP contribution >= 0.6 is 0 Å². The Hall–Kier alpha value is -1.45. The standard InChI is InChI=1S/C15H23FN2O/c1-19-15-10-14(13(17)9-12(15)16)18-8-4-7-11-5-2-3-6-11/h9-11,18H,2-8,17H2,1H3. The van der Waals surface area contributed by atoms with Crippen LogP contribution in [0.5, 0.6) is 5.75 Å². The van der Waals surface area contributed by atoms with Gasteiger partial charge in [0.15, 0.2) is 11.6 Å². The first-order valence-electron chi connectivity index (χ1n) is 7.07. The monoisotopic (exact) mass is 266 g/mol. The van der Waals surface area contributed by atoms with Crippen molar-refractivity contribution in [2.45, 2.75) is 38.5 Å². The number of ether oxygens (including phenoxy) is 1. The predicted octanol–water partition coefficient (Wildman–Crippen LogP) is 3.80. The number of methoxy groups -OCH3 is 1. The van der Waals surface area contributed by atoms with Gasteiger partial charge in [-0.05, 0) is 18.8 Å². The summed E-state index contributed by atoms with van der Waals surface area (Å²) in [6.45, 7) is 0.871. The van der Waals surface area contributed by atoms with Gasteiger partial charge < -0.3 is 15.8 Å². The fourth-order valence-corrected chi connectivity index (χ4v) is 2.79. The molecule has 1 aromatic carbocycles. The van der Waals surface area contributed by atoms with Crippen molar-refractivity contribution in [2.75, 3.05) is 24.7 Å². The molecular formula is C15H23FN2O. The molecule has 1 fully saturated rings. The molecule has 0 aromatic heterocycles. The van der Waals surface area contributed by atoms with Gasteiger partial charge in [0.1, 0.15) is 0 Å². The number of anilines is 2. The minimum Gasteiger partial charge on any atom is -0.494 e. The largest absolute Gasteiger partial charge is 0.494 e. The molecule has 0 unspecified atom stereocenters. The van der Waals surface area contributed by atoms with Crippen molar-refractivity contribution in [3.8, 4) is 5.75 Å². The van der Waals surface area contributed by atoms with Crippen LogP contribution in [0.1, 0.15) is 38.5 Å². The molecule has 19 heavy (non-hydrogen) atoms. The summed E-state index contributed by atoms with van der Waals surface area (Å²) in [7, 11) is 1.46. The average Bonchev–Trinajstić information content (AvgIpc) is 2.90. The van der Waals surface area contributed by atoms with Gasteiger partial charge in [0.2, 0.25) is 0 Å². The number of nitrogens with two attached hydrogens (primary N) is 1. The van der Waals surface area contributed by atoms with E-state index in [9.17, 15) is 4.39 Å². The molecule has 0 aliphatic heterocycles.